The number of benzene rings is 9. The van der Waals surface area contributed by atoms with Gasteiger partial charge in [0.05, 0.1) is 68.3 Å². The smallest absolute Gasteiger partial charge is 0.0927 e. The maximum Gasteiger partial charge on any atom is 0.0927 e. The van der Waals surface area contributed by atoms with Gasteiger partial charge in [0.1, 0.15) is 0 Å². The highest BCUT2D eigenvalue weighted by Gasteiger charge is 2.14. The van der Waals surface area contributed by atoms with Crippen molar-refractivity contribution in [3.63, 3.8) is 0 Å². The maximum atomic E-state index is 4.50. The van der Waals surface area contributed by atoms with Gasteiger partial charge < -0.3 is 0 Å². The molecule has 0 bridgehead atoms. The molecule has 0 aliphatic heterocycles. The van der Waals surface area contributed by atoms with Gasteiger partial charge in [-0.05, 0) is 88.0 Å². The molecule has 0 saturated carbocycles. The van der Waals surface area contributed by atoms with Crippen LogP contribution in [0.4, 0.5) is 0 Å². The first-order valence-corrected chi connectivity index (χ1v) is 27.6. The van der Waals surface area contributed by atoms with E-state index in [9.17, 15) is 0 Å². The van der Waals surface area contributed by atoms with Gasteiger partial charge in [-0.1, -0.05) is 237 Å². The fourth-order valence-electron chi connectivity index (χ4n) is 9.92. The second-order valence-corrected chi connectivity index (χ2v) is 19.9. The lowest BCUT2D eigenvalue weighted by Crippen LogP contribution is -1.82. The van der Waals surface area contributed by atoms with Crippen LogP contribution in [-0.4, -0.2) is 61.2 Å². The number of aromatic nitrogens is 12. The third kappa shape index (κ3) is 11.9. The van der Waals surface area contributed by atoms with Crippen molar-refractivity contribution in [1.29, 1.82) is 0 Å². The molecule has 402 valence electrons. The van der Waals surface area contributed by atoms with Gasteiger partial charge in [-0.2, -0.15) is 30.6 Å². The van der Waals surface area contributed by atoms with Gasteiger partial charge in [0, 0.05) is 33.4 Å². The summed E-state index contributed by atoms with van der Waals surface area (Å²) in [6.45, 7) is 0. The van der Waals surface area contributed by atoms with Crippen LogP contribution in [0.5, 0.6) is 0 Å². The molecule has 15 rings (SSSR count). The topological polar surface area (TPSA) is 172 Å². The molecule has 0 spiro atoms. The second-order valence-electron chi connectivity index (χ2n) is 19.9. The SMILES string of the molecule is c1ccc(-c2cc(-c3cccc(-c4cc(-c5ccccc5)[nH]n4)c3)n[nH]2)cc1.c1ccc(-c2cc(-c3cccc(-c4cc(-c5ccccc5)[nH]n4)c3)n[nH]2)cc1.c1ccc(-c2cc(-c3cccc(-c4cc(-c5ccccc5)[nH]n4)c3)n[nH]2)cc1. The minimum absolute atomic E-state index is 0.916. The molecule has 12 nitrogen and oxygen atoms in total. The van der Waals surface area contributed by atoms with Crippen molar-refractivity contribution in [2.24, 2.45) is 0 Å². The Morgan fingerprint density at radius 3 is 0.440 bits per heavy atom. The zero-order valence-corrected chi connectivity index (χ0v) is 45.4. The fourth-order valence-corrected chi connectivity index (χ4v) is 9.92. The molecule has 9 aromatic carbocycles. The average Bonchev–Trinajstić information content (AvgIpc) is 4.60. The van der Waals surface area contributed by atoms with E-state index in [2.05, 4.69) is 225 Å². The van der Waals surface area contributed by atoms with Gasteiger partial charge in [-0.15, -0.1) is 0 Å². The van der Waals surface area contributed by atoms with Gasteiger partial charge in [-0.25, -0.2) is 0 Å². The van der Waals surface area contributed by atoms with Crippen molar-refractivity contribution in [1.82, 2.24) is 61.2 Å². The van der Waals surface area contributed by atoms with Crippen molar-refractivity contribution in [2.75, 3.05) is 0 Å². The summed E-state index contributed by atoms with van der Waals surface area (Å²) < 4.78 is 0. The molecule has 0 radical (unpaired) electrons. The lowest BCUT2D eigenvalue weighted by Gasteiger charge is -2.00. The third-order valence-electron chi connectivity index (χ3n) is 14.3. The Hall–Kier alpha value is -11.8. The summed E-state index contributed by atoms with van der Waals surface area (Å²) >= 11 is 0. The van der Waals surface area contributed by atoms with E-state index in [-0.39, 0.29) is 0 Å². The van der Waals surface area contributed by atoms with Crippen molar-refractivity contribution in [2.45, 2.75) is 0 Å². The van der Waals surface area contributed by atoms with Crippen LogP contribution in [0.1, 0.15) is 0 Å². The number of aromatic amines is 6. The summed E-state index contributed by atoms with van der Waals surface area (Å²) in [7, 11) is 0. The van der Waals surface area contributed by atoms with Gasteiger partial charge in [-0.3, -0.25) is 30.6 Å². The average molecular weight is 1090 g/mol. The van der Waals surface area contributed by atoms with Gasteiger partial charge >= 0.3 is 0 Å². The minimum Gasteiger partial charge on any atom is -0.277 e. The summed E-state index contributed by atoms with van der Waals surface area (Å²) in [5, 5.41) is 45.8. The molecule has 6 heterocycles. The van der Waals surface area contributed by atoms with Crippen molar-refractivity contribution in [3.8, 4) is 135 Å². The van der Waals surface area contributed by atoms with Crippen molar-refractivity contribution in [3.05, 3.63) is 291 Å². The summed E-state index contributed by atoms with van der Waals surface area (Å²) in [6, 6.07) is 98.6. The van der Waals surface area contributed by atoms with Crippen molar-refractivity contribution < 1.29 is 0 Å². The number of H-pyrrole nitrogens is 6. The number of hydrogen-bond acceptors (Lipinski definition) is 6. The zero-order valence-electron chi connectivity index (χ0n) is 45.4. The van der Waals surface area contributed by atoms with Gasteiger partial charge in [0.25, 0.3) is 0 Å². The number of rotatable bonds is 12. The van der Waals surface area contributed by atoms with Crippen LogP contribution in [0, 0.1) is 0 Å². The number of nitrogens with zero attached hydrogens (tertiary/aromatic N) is 6. The van der Waals surface area contributed by atoms with Gasteiger partial charge in [0.2, 0.25) is 0 Å². The molecule has 0 fully saturated rings. The molecule has 0 aliphatic rings. The van der Waals surface area contributed by atoms with E-state index in [4.69, 9.17) is 0 Å². The van der Waals surface area contributed by atoms with Crippen LogP contribution in [0.2, 0.25) is 0 Å². The molecular formula is C72H54N12. The van der Waals surface area contributed by atoms with E-state index in [1.807, 2.05) is 127 Å². The first kappa shape index (κ1) is 51.7. The minimum atomic E-state index is 0.916. The van der Waals surface area contributed by atoms with E-state index in [0.29, 0.717) is 0 Å². The Morgan fingerprint density at radius 2 is 0.286 bits per heavy atom. The predicted octanol–water partition coefficient (Wildman–Crippen LogP) is 17.4. The van der Waals surface area contributed by atoms with E-state index in [1.54, 1.807) is 0 Å². The molecule has 0 saturated heterocycles. The largest absolute Gasteiger partial charge is 0.277 e. The fraction of sp³-hybridized carbons (Fsp3) is 0. The Balaban J connectivity index is 0.000000118. The lowest BCUT2D eigenvalue weighted by molar-refractivity contribution is 1.10. The zero-order chi connectivity index (χ0) is 56.3. The van der Waals surface area contributed by atoms with Crippen LogP contribution in [0.15, 0.2) is 291 Å². The quantitative estimate of drug-likeness (QED) is 0.0711. The normalized spacial score (nSPS) is 10.9. The number of hydrogen-bond donors (Lipinski definition) is 6. The van der Waals surface area contributed by atoms with Crippen LogP contribution in [0.3, 0.4) is 0 Å². The standard InChI is InChI=1S/3C24H18N4/c3*1-3-8-17(9-4-1)21-15-23(27-25-21)19-12-7-13-20(14-19)24-16-22(26-28-24)18-10-5-2-6-11-18/h3*1-16H,(H,25,27)(H,26,28). The van der Waals surface area contributed by atoms with E-state index in [0.717, 1.165) is 135 Å². The molecule has 6 aromatic heterocycles. The predicted molar refractivity (Wildman–Crippen MR) is 337 cm³/mol. The summed E-state index contributed by atoms with van der Waals surface area (Å²) in [5.74, 6) is 0. The molecule has 0 unspecified atom stereocenters. The van der Waals surface area contributed by atoms with E-state index in [1.165, 1.54) is 0 Å². The van der Waals surface area contributed by atoms with E-state index < -0.39 is 0 Å². The van der Waals surface area contributed by atoms with Crippen LogP contribution < -0.4 is 0 Å². The third-order valence-corrected chi connectivity index (χ3v) is 14.3. The molecule has 0 atom stereocenters. The second kappa shape index (κ2) is 24.3. The summed E-state index contributed by atoms with van der Waals surface area (Å²) in [6.07, 6.45) is 0. The lowest BCUT2D eigenvalue weighted by atomic mass is 10.0. The molecule has 15 aromatic rings. The van der Waals surface area contributed by atoms with Gasteiger partial charge in [0.15, 0.2) is 0 Å². The molecule has 84 heavy (non-hydrogen) atoms. The molecule has 12 heteroatoms. The highest BCUT2D eigenvalue weighted by molar-refractivity contribution is 5.78. The van der Waals surface area contributed by atoms with Crippen LogP contribution >= 0.6 is 0 Å². The highest BCUT2D eigenvalue weighted by Crippen LogP contribution is 2.33. The van der Waals surface area contributed by atoms with Crippen LogP contribution in [-0.2, 0) is 0 Å². The molecule has 0 amide bonds. The van der Waals surface area contributed by atoms with Crippen molar-refractivity contribution >= 4 is 0 Å². The summed E-state index contributed by atoms with van der Waals surface area (Å²) in [4.78, 5) is 0. The first-order valence-electron chi connectivity index (χ1n) is 27.6. The van der Waals surface area contributed by atoms with E-state index >= 15 is 0 Å². The monoisotopic (exact) mass is 1090 g/mol. The Morgan fingerprint density at radius 1 is 0.143 bits per heavy atom. The Labute approximate surface area is 485 Å². The number of nitrogens with one attached hydrogen (secondary N) is 6. The van der Waals surface area contributed by atoms with Crippen LogP contribution in [0.25, 0.3) is 135 Å². The molecular weight excluding hydrogens is 1030 g/mol. The maximum absolute atomic E-state index is 4.50. The first-order chi connectivity index (χ1) is 41.6. The Kier molecular flexibility index (Phi) is 15.0. The molecule has 6 N–H and O–H groups in total. The summed E-state index contributed by atoms with van der Waals surface area (Å²) in [5.41, 5.74) is 24.6. The Bertz CT molecular complexity index is 3800. The highest BCUT2D eigenvalue weighted by atomic mass is 15.1. The molecule has 0 aliphatic carbocycles.